The molecule has 0 saturated heterocycles. The summed E-state index contributed by atoms with van der Waals surface area (Å²) in [6, 6.07) is 0. The molecule has 1 aliphatic carbocycles. The van der Waals surface area contributed by atoms with E-state index in [4.69, 9.17) is 0 Å². The second-order valence-corrected chi connectivity index (χ2v) is 5.42. The number of nitrogens with zero attached hydrogens (tertiary/aromatic N) is 1. The van der Waals surface area contributed by atoms with Gasteiger partial charge in [0.1, 0.15) is 5.71 Å². The molecule has 0 unspecified atom stereocenters. The van der Waals surface area contributed by atoms with Crippen molar-refractivity contribution in [3.05, 3.63) is 0 Å². The molecule has 110 valence electrons. The zero-order valence-corrected chi connectivity index (χ0v) is 11.3. The molecular weight excluding hydrogens is 262 g/mol. The molecule has 7 heteroatoms. The van der Waals surface area contributed by atoms with E-state index in [-0.39, 0.29) is 31.0 Å². The summed E-state index contributed by atoms with van der Waals surface area (Å²) in [5.74, 6) is -1.46. The fourth-order valence-corrected chi connectivity index (χ4v) is 2.68. The third-order valence-corrected chi connectivity index (χ3v) is 4.02. The number of carbonyl (C=O) groups excluding carboxylic acids is 2. The van der Waals surface area contributed by atoms with Crippen LogP contribution in [0.3, 0.4) is 0 Å². The minimum absolute atomic E-state index is 0.119. The summed E-state index contributed by atoms with van der Waals surface area (Å²) in [6.07, 6.45) is 4.49. The summed E-state index contributed by atoms with van der Waals surface area (Å²) in [4.78, 5) is 34.3. The van der Waals surface area contributed by atoms with E-state index >= 15 is 0 Å². The van der Waals surface area contributed by atoms with Gasteiger partial charge in [-0.05, 0) is 12.8 Å². The van der Waals surface area contributed by atoms with E-state index in [0.717, 1.165) is 19.3 Å². The summed E-state index contributed by atoms with van der Waals surface area (Å²) < 4.78 is 0. The molecule has 1 saturated carbocycles. The number of carboxylic acid groups (broad SMARTS) is 1. The molecule has 0 aromatic rings. The molecule has 2 aliphatic rings. The number of hydrogen-bond acceptors (Lipinski definition) is 4. The van der Waals surface area contributed by atoms with Crippen molar-refractivity contribution >= 4 is 23.5 Å². The molecule has 1 fully saturated rings. The van der Waals surface area contributed by atoms with Crippen molar-refractivity contribution in [3.63, 3.8) is 0 Å². The molecule has 0 aromatic carbocycles. The van der Waals surface area contributed by atoms with Gasteiger partial charge in [-0.15, -0.1) is 0 Å². The molecule has 1 aliphatic heterocycles. The molecule has 3 N–H and O–H groups in total. The third kappa shape index (κ3) is 3.15. The number of amides is 2. The second kappa shape index (κ2) is 6.02. The van der Waals surface area contributed by atoms with Gasteiger partial charge in [0.15, 0.2) is 0 Å². The first-order valence-corrected chi connectivity index (χ1v) is 6.90. The van der Waals surface area contributed by atoms with Gasteiger partial charge in [-0.25, -0.2) is 5.43 Å². The number of nitrogens with one attached hydrogen (secondary N) is 2. The fourth-order valence-electron chi connectivity index (χ4n) is 2.68. The zero-order valence-electron chi connectivity index (χ0n) is 11.3. The van der Waals surface area contributed by atoms with Gasteiger partial charge >= 0.3 is 5.97 Å². The lowest BCUT2D eigenvalue weighted by Crippen LogP contribution is -2.46. The maximum atomic E-state index is 11.9. The maximum Gasteiger partial charge on any atom is 0.311 e. The van der Waals surface area contributed by atoms with E-state index in [2.05, 4.69) is 15.8 Å². The predicted octanol–water partition coefficient (Wildman–Crippen LogP) is 0.404. The molecule has 2 rings (SSSR count). The van der Waals surface area contributed by atoms with Gasteiger partial charge in [0.25, 0.3) is 5.91 Å². The van der Waals surface area contributed by atoms with Crippen LogP contribution in [0.25, 0.3) is 0 Å². The van der Waals surface area contributed by atoms with Crippen molar-refractivity contribution < 1.29 is 19.5 Å². The molecule has 20 heavy (non-hydrogen) atoms. The Kier molecular flexibility index (Phi) is 4.36. The average Bonchev–Trinajstić information content (AvgIpc) is 2.46. The van der Waals surface area contributed by atoms with Crippen LogP contribution in [0, 0.1) is 5.41 Å². The molecular formula is C13H19N3O4. The van der Waals surface area contributed by atoms with Crippen LogP contribution in [-0.2, 0) is 14.4 Å². The predicted molar refractivity (Wildman–Crippen MR) is 71.0 cm³/mol. The van der Waals surface area contributed by atoms with Gasteiger partial charge in [0.05, 0.1) is 5.41 Å². The SMILES string of the molecule is O=C1CCC(C(=O)NCC2(C(=O)O)CCCCC2)=NN1. The summed E-state index contributed by atoms with van der Waals surface area (Å²) in [5, 5.41) is 15.8. The average molecular weight is 281 g/mol. The van der Waals surface area contributed by atoms with Crippen molar-refractivity contribution in [1.29, 1.82) is 0 Å². The van der Waals surface area contributed by atoms with Crippen molar-refractivity contribution in [2.75, 3.05) is 6.54 Å². The summed E-state index contributed by atoms with van der Waals surface area (Å²) in [5.41, 5.74) is 1.65. The van der Waals surface area contributed by atoms with E-state index in [1.807, 2.05) is 0 Å². The fraction of sp³-hybridized carbons (Fsp3) is 0.692. The number of rotatable bonds is 4. The number of carboxylic acids is 1. The Labute approximate surface area is 116 Å². The van der Waals surface area contributed by atoms with E-state index < -0.39 is 17.3 Å². The number of hydrazone groups is 1. The Balaban J connectivity index is 1.94. The highest BCUT2D eigenvalue weighted by Crippen LogP contribution is 2.35. The largest absolute Gasteiger partial charge is 0.481 e. The Morgan fingerprint density at radius 1 is 1.25 bits per heavy atom. The lowest BCUT2D eigenvalue weighted by Gasteiger charge is -2.33. The van der Waals surface area contributed by atoms with Crippen LogP contribution in [0.5, 0.6) is 0 Å². The van der Waals surface area contributed by atoms with Gasteiger partial charge in [-0.3, -0.25) is 14.4 Å². The van der Waals surface area contributed by atoms with Crippen molar-refractivity contribution in [2.24, 2.45) is 10.5 Å². The molecule has 0 atom stereocenters. The molecule has 0 bridgehead atoms. The number of aliphatic carboxylic acids is 1. The molecule has 1 heterocycles. The van der Waals surface area contributed by atoms with Crippen LogP contribution in [0.15, 0.2) is 5.10 Å². The molecule has 0 radical (unpaired) electrons. The first-order chi connectivity index (χ1) is 9.53. The van der Waals surface area contributed by atoms with Crippen LogP contribution in [0.4, 0.5) is 0 Å². The van der Waals surface area contributed by atoms with Crippen LogP contribution < -0.4 is 10.7 Å². The lowest BCUT2D eigenvalue weighted by atomic mass is 9.74. The molecule has 2 amide bonds. The maximum absolute atomic E-state index is 11.9. The smallest absolute Gasteiger partial charge is 0.311 e. The minimum Gasteiger partial charge on any atom is -0.481 e. The zero-order chi connectivity index (χ0) is 14.6. The van der Waals surface area contributed by atoms with Gasteiger partial charge < -0.3 is 10.4 Å². The minimum atomic E-state index is -0.855. The van der Waals surface area contributed by atoms with Gasteiger partial charge in [0.2, 0.25) is 5.91 Å². The number of carbonyl (C=O) groups is 3. The van der Waals surface area contributed by atoms with Gasteiger partial charge in [-0.2, -0.15) is 5.10 Å². The van der Waals surface area contributed by atoms with Gasteiger partial charge in [0, 0.05) is 19.4 Å². The standard InChI is InChI=1S/C13H19N3O4/c17-10-5-4-9(15-16-10)11(18)14-8-13(12(19)20)6-2-1-3-7-13/h1-8H2,(H,14,18)(H,16,17)(H,19,20). The Hall–Kier alpha value is -1.92. The van der Waals surface area contributed by atoms with E-state index in [9.17, 15) is 19.5 Å². The highest BCUT2D eigenvalue weighted by atomic mass is 16.4. The highest BCUT2D eigenvalue weighted by Gasteiger charge is 2.40. The summed E-state index contributed by atoms with van der Waals surface area (Å²) in [7, 11) is 0. The molecule has 0 spiro atoms. The van der Waals surface area contributed by atoms with Crippen LogP contribution in [0.2, 0.25) is 0 Å². The van der Waals surface area contributed by atoms with Crippen LogP contribution in [-0.4, -0.2) is 35.1 Å². The molecule has 7 nitrogen and oxygen atoms in total. The highest BCUT2D eigenvalue weighted by molar-refractivity contribution is 6.39. The van der Waals surface area contributed by atoms with Crippen LogP contribution >= 0.6 is 0 Å². The topological polar surface area (TPSA) is 108 Å². The van der Waals surface area contributed by atoms with E-state index in [1.54, 1.807) is 0 Å². The second-order valence-electron chi connectivity index (χ2n) is 5.42. The Morgan fingerprint density at radius 2 is 1.95 bits per heavy atom. The number of hydrogen-bond donors (Lipinski definition) is 3. The first-order valence-electron chi connectivity index (χ1n) is 6.90. The first kappa shape index (κ1) is 14.5. The van der Waals surface area contributed by atoms with Crippen molar-refractivity contribution in [1.82, 2.24) is 10.7 Å². The van der Waals surface area contributed by atoms with Gasteiger partial charge in [-0.1, -0.05) is 19.3 Å². The summed E-state index contributed by atoms with van der Waals surface area (Å²) in [6.45, 7) is 0.119. The third-order valence-electron chi connectivity index (χ3n) is 4.02. The Bertz CT molecular complexity index is 453. The lowest BCUT2D eigenvalue weighted by molar-refractivity contribution is -0.150. The normalized spacial score (nSPS) is 21.6. The summed E-state index contributed by atoms with van der Waals surface area (Å²) >= 11 is 0. The van der Waals surface area contributed by atoms with Crippen molar-refractivity contribution in [3.8, 4) is 0 Å². The van der Waals surface area contributed by atoms with E-state index in [0.29, 0.717) is 12.8 Å². The molecule has 0 aromatic heterocycles. The monoisotopic (exact) mass is 281 g/mol. The van der Waals surface area contributed by atoms with Crippen molar-refractivity contribution in [2.45, 2.75) is 44.9 Å². The van der Waals surface area contributed by atoms with E-state index in [1.165, 1.54) is 0 Å². The quantitative estimate of drug-likeness (QED) is 0.693. The Morgan fingerprint density at radius 3 is 2.50 bits per heavy atom. The van der Waals surface area contributed by atoms with Crippen LogP contribution in [0.1, 0.15) is 44.9 Å².